The maximum atomic E-state index is 12.1. The van der Waals surface area contributed by atoms with Crippen molar-refractivity contribution in [3.63, 3.8) is 0 Å². The zero-order chi connectivity index (χ0) is 21.6. The number of allylic oxidation sites excluding steroid dienone is 5. The van der Waals surface area contributed by atoms with Gasteiger partial charge in [-0.2, -0.15) is 0 Å². The molecule has 0 bridgehead atoms. The molecule has 1 saturated heterocycles. The van der Waals surface area contributed by atoms with E-state index in [9.17, 15) is 4.79 Å². The van der Waals surface area contributed by atoms with Crippen molar-refractivity contribution in [2.75, 3.05) is 40.4 Å². The third-order valence-electron chi connectivity index (χ3n) is 6.97. The summed E-state index contributed by atoms with van der Waals surface area (Å²) in [5, 5.41) is 0. The normalized spacial score (nSPS) is 22.4. The number of hydrogen-bond donors (Lipinski definition) is 0. The molecule has 5 heteroatoms. The maximum Gasteiger partial charge on any atom is 0.307 e. The largest absolute Gasteiger partial charge is 0.429 e. The molecule has 0 N–H and O–H groups in total. The highest BCUT2D eigenvalue weighted by molar-refractivity contribution is 6.02. The highest BCUT2D eigenvalue weighted by Crippen LogP contribution is 2.41. The number of esters is 1. The second kappa shape index (κ2) is 10.5. The summed E-state index contributed by atoms with van der Waals surface area (Å²) in [6, 6.07) is 0. The van der Waals surface area contributed by atoms with E-state index >= 15 is 0 Å². The van der Waals surface area contributed by atoms with Gasteiger partial charge in [0.1, 0.15) is 19.0 Å². The average molecular weight is 416 g/mol. The van der Waals surface area contributed by atoms with Gasteiger partial charge in [-0.3, -0.25) is 9.69 Å². The van der Waals surface area contributed by atoms with Gasteiger partial charge in [0.2, 0.25) is 0 Å². The van der Waals surface area contributed by atoms with E-state index < -0.39 is 0 Å². The van der Waals surface area contributed by atoms with E-state index in [1.165, 1.54) is 44.7 Å². The molecule has 0 aromatic carbocycles. The summed E-state index contributed by atoms with van der Waals surface area (Å²) in [5.74, 6) is 1.24. The minimum absolute atomic E-state index is 0.245. The number of likely N-dealkylation sites (N-methyl/N-ethyl adjacent to an activating group) is 1. The predicted octanol–water partition coefficient (Wildman–Crippen LogP) is 4.09. The summed E-state index contributed by atoms with van der Waals surface area (Å²) in [6.07, 6.45) is 17.0. The molecule has 0 spiro atoms. The first-order valence-electron chi connectivity index (χ1n) is 11.6. The fourth-order valence-corrected chi connectivity index (χ4v) is 5.18. The van der Waals surface area contributed by atoms with Gasteiger partial charge in [-0.15, -0.1) is 0 Å². The van der Waals surface area contributed by atoms with Crippen LogP contribution in [0.1, 0.15) is 58.8 Å². The fourth-order valence-electron chi connectivity index (χ4n) is 5.18. The smallest absolute Gasteiger partial charge is 0.307 e. The lowest BCUT2D eigenvalue weighted by Crippen LogP contribution is -2.48. The number of carbonyl (C=O) groups excluding carboxylic acids is 1. The molecule has 3 rings (SSSR count). The van der Waals surface area contributed by atoms with E-state index in [1.807, 2.05) is 0 Å². The third kappa shape index (κ3) is 5.30. The monoisotopic (exact) mass is 415 g/mol. The Kier molecular flexibility index (Phi) is 8.06. The van der Waals surface area contributed by atoms with Gasteiger partial charge in [-0.25, -0.2) is 4.58 Å². The first kappa shape index (κ1) is 23.0. The van der Waals surface area contributed by atoms with Gasteiger partial charge in [-0.1, -0.05) is 39.0 Å². The zero-order valence-corrected chi connectivity index (χ0v) is 19.3. The molecule has 1 unspecified atom stereocenters. The van der Waals surface area contributed by atoms with Gasteiger partial charge < -0.3 is 9.47 Å². The Bertz CT molecular complexity index is 715. The Morgan fingerprint density at radius 3 is 2.30 bits per heavy atom. The lowest BCUT2D eigenvalue weighted by molar-refractivity contribution is -0.547. The van der Waals surface area contributed by atoms with Gasteiger partial charge in [0.05, 0.1) is 5.54 Å². The molecule has 0 radical (unpaired) electrons. The lowest BCUT2D eigenvalue weighted by atomic mass is 9.75. The van der Waals surface area contributed by atoms with Crippen LogP contribution in [-0.2, 0) is 14.3 Å². The molecule has 1 saturated carbocycles. The van der Waals surface area contributed by atoms with Gasteiger partial charge in [0, 0.05) is 24.6 Å². The number of rotatable bonds is 6. The van der Waals surface area contributed by atoms with Crippen molar-refractivity contribution < 1.29 is 18.8 Å². The number of nitrogens with zero attached hydrogens (tertiary/aromatic N) is 2. The Labute approximate surface area is 182 Å². The van der Waals surface area contributed by atoms with Crippen LogP contribution < -0.4 is 0 Å². The minimum atomic E-state index is -0.284. The molecule has 166 valence electrons. The van der Waals surface area contributed by atoms with Crippen molar-refractivity contribution in [1.82, 2.24) is 4.90 Å². The molecule has 30 heavy (non-hydrogen) atoms. The zero-order valence-electron chi connectivity index (χ0n) is 19.3. The number of morpholine rings is 1. The SMILES string of the molecule is CCC(CC1CCCCC1)(C(OC(C)=O)=C1C=CC(=[N+]2CCOCC2)C=C1)N(C)C. The summed E-state index contributed by atoms with van der Waals surface area (Å²) < 4.78 is 13.8. The second-order valence-electron chi connectivity index (χ2n) is 9.06. The quantitative estimate of drug-likeness (QED) is 0.372. The van der Waals surface area contributed by atoms with Crippen LogP contribution in [0.4, 0.5) is 0 Å². The van der Waals surface area contributed by atoms with Crippen LogP contribution in [0.15, 0.2) is 35.6 Å². The molecule has 1 aliphatic heterocycles. The molecular weight excluding hydrogens is 376 g/mol. The van der Waals surface area contributed by atoms with Crippen LogP contribution in [-0.4, -0.2) is 67.1 Å². The van der Waals surface area contributed by atoms with Crippen LogP contribution in [0.5, 0.6) is 0 Å². The highest BCUT2D eigenvalue weighted by Gasteiger charge is 2.41. The van der Waals surface area contributed by atoms with E-state index in [0.29, 0.717) is 5.92 Å². The van der Waals surface area contributed by atoms with Crippen molar-refractivity contribution >= 4 is 11.7 Å². The highest BCUT2D eigenvalue weighted by atomic mass is 16.5. The second-order valence-corrected chi connectivity index (χ2v) is 9.06. The van der Waals surface area contributed by atoms with Crippen LogP contribution in [0.25, 0.3) is 0 Å². The summed E-state index contributed by atoms with van der Waals surface area (Å²) in [5.41, 5.74) is 1.92. The first-order chi connectivity index (χ1) is 14.5. The van der Waals surface area contributed by atoms with Gasteiger partial charge >= 0.3 is 5.97 Å². The molecule has 2 fully saturated rings. The lowest BCUT2D eigenvalue weighted by Gasteiger charge is -2.44. The topological polar surface area (TPSA) is 41.8 Å². The van der Waals surface area contributed by atoms with E-state index in [4.69, 9.17) is 9.47 Å². The van der Waals surface area contributed by atoms with Crippen LogP contribution >= 0.6 is 0 Å². The molecule has 2 aliphatic carbocycles. The van der Waals surface area contributed by atoms with Crippen LogP contribution in [0, 0.1) is 5.92 Å². The van der Waals surface area contributed by atoms with Gasteiger partial charge in [0.15, 0.2) is 18.8 Å². The van der Waals surface area contributed by atoms with Crippen molar-refractivity contribution in [3.05, 3.63) is 35.6 Å². The molecule has 1 atom stereocenters. The van der Waals surface area contributed by atoms with Crippen LogP contribution in [0.3, 0.4) is 0 Å². The molecular formula is C25H39N2O3+. The molecule has 5 nitrogen and oxygen atoms in total. The van der Waals surface area contributed by atoms with Crippen LogP contribution in [0.2, 0.25) is 0 Å². The van der Waals surface area contributed by atoms with E-state index in [1.54, 1.807) is 0 Å². The van der Waals surface area contributed by atoms with E-state index in [2.05, 4.69) is 54.8 Å². The van der Waals surface area contributed by atoms with Gasteiger partial charge in [-0.05, 0) is 45.0 Å². The minimum Gasteiger partial charge on any atom is -0.429 e. The van der Waals surface area contributed by atoms with Crippen molar-refractivity contribution in [1.29, 1.82) is 0 Å². The molecule has 0 aromatic heterocycles. The number of ether oxygens (including phenoxy) is 2. The average Bonchev–Trinajstić information content (AvgIpc) is 2.77. The number of carbonyl (C=O) groups is 1. The van der Waals surface area contributed by atoms with E-state index in [-0.39, 0.29) is 11.5 Å². The standard InChI is InChI=1S/C25H39N2O3/c1-5-25(26(3)4,19-21-9-7-6-8-10-21)24(30-20(2)28)22-11-13-23(14-12-22)27-15-17-29-18-16-27/h11-14,21H,5-10,15-19H2,1-4H3/q+1. The molecule has 3 aliphatic rings. The fraction of sp³-hybridized carbons (Fsp3) is 0.680. The Morgan fingerprint density at radius 1 is 1.13 bits per heavy atom. The summed E-state index contributed by atoms with van der Waals surface area (Å²) in [4.78, 5) is 14.4. The molecule has 0 amide bonds. The summed E-state index contributed by atoms with van der Waals surface area (Å²) in [7, 11) is 4.25. The van der Waals surface area contributed by atoms with Crippen molar-refractivity contribution in [2.24, 2.45) is 5.92 Å². The van der Waals surface area contributed by atoms with Crippen molar-refractivity contribution in [2.45, 2.75) is 64.3 Å². The Morgan fingerprint density at radius 2 is 1.77 bits per heavy atom. The van der Waals surface area contributed by atoms with E-state index in [0.717, 1.165) is 50.5 Å². The molecule has 1 heterocycles. The van der Waals surface area contributed by atoms with Crippen molar-refractivity contribution in [3.8, 4) is 0 Å². The number of hydrogen-bond acceptors (Lipinski definition) is 4. The summed E-state index contributed by atoms with van der Waals surface area (Å²) in [6.45, 7) is 7.10. The molecule has 0 aromatic rings. The Balaban J connectivity index is 1.97. The Hall–Kier alpha value is -1.72. The summed E-state index contributed by atoms with van der Waals surface area (Å²) >= 11 is 0. The first-order valence-corrected chi connectivity index (χ1v) is 11.6. The maximum absolute atomic E-state index is 12.1. The predicted molar refractivity (Wildman–Crippen MR) is 121 cm³/mol. The third-order valence-corrected chi connectivity index (χ3v) is 6.97. The van der Waals surface area contributed by atoms with Gasteiger partial charge in [0.25, 0.3) is 0 Å².